The molecule has 0 bridgehead atoms. The van der Waals surface area contributed by atoms with Gasteiger partial charge in [-0.25, -0.2) is 8.78 Å². The van der Waals surface area contributed by atoms with Crippen molar-refractivity contribution in [1.82, 2.24) is 14.7 Å². The molecule has 0 spiro atoms. The molecular formula is C13H13F2N3O. The van der Waals surface area contributed by atoms with Crippen LogP contribution in [0.2, 0.25) is 0 Å². The topological polar surface area (TPSA) is 38.1 Å². The lowest BCUT2D eigenvalue weighted by Crippen LogP contribution is -2.27. The molecule has 0 N–H and O–H groups in total. The van der Waals surface area contributed by atoms with Crippen molar-refractivity contribution in [1.29, 1.82) is 0 Å². The molecule has 0 aliphatic carbocycles. The molecule has 4 nitrogen and oxygen atoms in total. The van der Waals surface area contributed by atoms with Crippen LogP contribution >= 0.6 is 0 Å². The number of carbonyl (C=O) groups excluding carboxylic acids is 1. The zero-order valence-corrected chi connectivity index (χ0v) is 10.6. The summed E-state index contributed by atoms with van der Waals surface area (Å²) in [5.74, 6) is -2.41. The number of hydrogen-bond acceptors (Lipinski definition) is 2. The van der Waals surface area contributed by atoms with Crippen molar-refractivity contribution in [2.24, 2.45) is 7.05 Å². The maximum absolute atomic E-state index is 13.5. The van der Waals surface area contributed by atoms with Crippen molar-refractivity contribution in [3.8, 4) is 0 Å². The average Bonchev–Trinajstić information content (AvgIpc) is 2.74. The molecule has 2 rings (SSSR count). The Kier molecular flexibility index (Phi) is 3.59. The molecule has 0 fully saturated rings. The molecule has 0 atom stereocenters. The van der Waals surface area contributed by atoms with Gasteiger partial charge in [-0.05, 0) is 12.1 Å². The summed E-state index contributed by atoms with van der Waals surface area (Å²) < 4.78 is 28.6. The average molecular weight is 265 g/mol. The first-order chi connectivity index (χ1) is 8.99. The van der Waals surface area contributed by atoms with Crippen LogP contribution in [0.3, 0.4) is 0 Å². The quantitative estimate of drug-likeness (QED) is 0.851. The summed E-state index contributed by atoms with van der Waals surface area (Å²) in [6, 6.07) is 3.35. The van der Waals surface area contributed by atoms with Gasteiger partial charge in [0.2, 0.25) is 0 Å². The van der Waals surface area contributed by atoms with Crippen LogP contribution in [0, 0.1) is 11.6 Å². The zero-order valence-electron chi connectivity index (χ0n) is 10.6. The van der Waals surface area contributed by atoms with Crippen LogP contribution in [0.15, 0.2) is 30.6 Å². The van der Waals surface area contributed by atoms with E-state index in [1.807, 2.05) is 0 Å². The molecule has 2 aromatic rings. The van der Waals surface area contributed by atoms with Gasteiger partial charge in [-0.15, -0.1) is 0 Å². The van der Waals surface area contributed by atoms with Crippen molar-refractivity contribution in [2.45, 2.75) is 6.54 Å². The molecule has 6 heteroatoms. The van der Waals surface area contributed by atoms with Crippen molar-refractivity contribution >= 4 is 5.91 Å². The smallest absolute Gasteiger partial charge is 0.259 e. The van der Waals surface area contributed by atoms with E-state index in [0.717, 1.165) is 17.7 Å². The zero-order chi connectivity index (χ0) is 14.0. The molecule has 0 saturated carbocycles. The predicted molar refractivity (Wildman–Crippen MR) is 65.4 cm³/mol. The molecule has 0 radical (unpaired) electrons. The van der Waals surface area contributed by atoms with Gasteiger partial charge in [0.1, 0.15) is 17.2 Å². The lowest BCUT2D eigenvalue weighted by molar-refractivity contribution is 0.0775. The number of hydrogen-bond donors (Lipinski definition) is 0. The first-order valence-electron chi connectivity index (χ1n) is 5.66. The van der Waals surface area contributed by atoms with Crippen molar-refractivity contribution in [3.63, 3.8) is 0 Å². The van der Waals surface area contributed by atoms with E-state index >= 15 is 0 Å². The Morgan fingerprint density at radius 2 is 2.00 bits per heavy atom. The van der Waals surface area contributed by atoms with Gasteiger partial charge in [0.05, 0.1) is 6.20 Å². The van der Waals surface area contributed by atoms with Crippen LogP contribution < -0.4 is 0 Å². The standard InChI is InChI=1S/C13H13F2N3O/c1-17(7-9-6-16-18(2)8-9)13(19)12-10(14)4-3-5-11(12)15/h3-6,8H,7H2,1-2H3. The Labute approximate surface area is 109 Å². The largest absolute Gasteiger partial charge is 0.337 e. The van der Waals surface area contributed by atoms with Crippen molar-refractivity contribution in [2.75, 3.05) is 7.05 Å². The first kappa shape index (κ1) is 13.2. The Morgan fingerprint density at radius 3 is 2.53 bits per heavy atom. The third-order valence-electron chi connectivity index (χ3n) is 2.70. The van der Waals surface area contributed by atoms with Crippen LogP contribution in [0.1, 0.15) is 15.9 Å². The fraction of sp³-hybridized carbons (Fsp3) is 0.231. The highest BCUT2D eigenvalue weighted by Gasteiger charge is 2.20. The number of aryl methyl sites for hydroxylation is 1. The molecule has 1 aromatic heterocycles. The second-order valence-corrected chi connectivity index (χ2v) is 4.28. The molecule has 1 amide bonds. The third kappa shape index (κ3) is 2.78. The van der Waals surface area contributed by atoms with Crippen LogP contribution in [0.5, 0.6) is 0 Å². The monoisotopic (exact) mass is 265 g/mol. The van der Waals surface area contributed by atoms with Gasteiger partial charge in [0, 0.05) is 32.4 Å². The van der Waals surface area contributed by atoms with Gasteiger partial charge in [0.25, 0.3) is 5.91 Å². The maximum atomic E-state index is 13.5. The SMILES string of the molecule is CN(Cc1cnn(C)c1)C(=O)c1c(F)cccc1F. The molecule has 19 heavy (non-hydrogen) atoms. The van der Waals surface area contributed by atoms with E-state index in [0.29, 0.717) is 0 Å². The predicted octanol–water partition coefficient (Wildman–Crippen LogP) is 1.97. The van der Waals surface area contributed by atoms with Crippen LogP contribution in [-0.2, 0) is 13.6 Å². The molecular weight excluding hydrogens is 252 g/mol. The summed E-state index contributed by atoms with van der Waals surface area (Å²) in [5.41, 5.74) is 0.254. The fourth-order valence-corrected chi connectivity index (χ4v) is 1.79. The number of aromatic nitrogens is 2. The molecule has 0 unspecified atom stereocenters. The van der Waals surface area contributed by atoms with E-state index in [-0.39, 0.29) is 6.54 Å². The number of halogens is 2. The summed E-state index contributed by atoms with van der Waals surface area (Å²) in [6.07, 6.45) is 3.34. The molecule has 0 aliphatic heterocycles. The highest BCUT2D eigenvalue weighted by molar-refractivity contribution is 5.94. The summed E-state index contributed by atoms with van der Waals surface area (Å²) in [7, 11) is 3.24. The molecule has 1 aromatic carbocycles. The summed E-state index contributed by atoms with van der Waals surface area (Å²) in [5, 5.41) is 3.97. The lowest BCUT2D eigenvalue weighted by atomic mass is 10.1. The number of amides is 1. The van der Waals surface area contributed by atoms with E-state index in [1.165, 1.54) is 18.0 Å². The summed E-state index contributed by atoms with van der Waals surface area (Å²) >= 11 is 0. The third-order valence-corrected chi connectivity index (χ3v) is 2.70. The molecule has 1 heterocycles. The van der Waals surface area contributed by atoms with Crippen LogP contribution in [0.4, 0.5) is 8.78 Å². The van der Waals surface area contributed by atoms with Gasteiger partial charge in [0.15, 0.2) is 0 Å². The van der Waals surface area contributed by atoms with E-state index in [1.54, 1.807) is 24.1 Å². The van der Waals surface area contributed by atoms with Crippen molar-refractivity contribution in [3.05, 3.63) is 53.4 Å². The van der Waals surface area contributed by atoms with Crippen LogP contribution in [0.25, 0.3) is 0 Å². The van der Waals surface area contributed by atoms with E-state index in [4.69, 9.17) is 0 Å². The van der Waals surface area contributed by atoms with Gasteiger partial charge >= 0.3 is 0 Å². The normalized spacial score (nSPS) is 10.5. The van der Waals surface area contributed by atoms with E-state index in [9.17, 15) is 13.6 Å². The fourth-order valence-electron chi connectivity index (χ4n) is 1.79. The number of carbonyl (C=O) groups is 1. The maximum Gasteiger partial charge on any atom is 0.259 e. The van der Waals surface area contributed by atoms with Gasteiger partial charge in [-0.1, -0.05) is 6.07 Å². The van der Waals surface area contributed by atoms with Crippen LogP contribution in [-0.4, -0.2) is 27.6 Å². The highest BCUT2D eigenvalue weighted by atomic mass is 19.1. The second-order valence-electron chi connectivity index (χ2n) is 4.28. The van der Waals surface area contributed by atoms with Gasteiger partial charge < -0.3 is 4.90 Å². The Hall–Kier alpha value is -2.24. The van der Waals surface area contributed by atoms with Gasteiger partial charge in [-0.2, -0.15) is 5.10 Å². The Morgan fingerprint density at radius 1 is 1.37 bits per heavy atom. The highest BCUT2D eigenvalue weighted by Crippen LogP contribution is 2.15. The molecule has 100 valence electrons. The first-order valence-corrected chi connectivity index (χ1v) is 5.66. The Balaban J connectivity index is 2.19. The number of benzene rings is 1. The van der Waals surface area contributed by atoms with E-state index in [2.05, 4.69) is 5.10 Å². The van der Waals surface area contributed by atoms with E-state index < -0.39 is 23.1 Å². The number of nitrogens with zero attached hydrogens (tertiary/aromatic N) is 3. The Bertz CT molecular complexity index is 589. The summed E-state index contributed by atoms with van der Waals surface area (Å²) in [6.45, 7) is 0.237. The molecule has 0 saturated heterocycles. The minimum Gasteiger partial charge on any atom is -0.337 e. The van der Waals surface area contributed by atoms with Crippen molar-refractivity contribution < 1.29 is 13.6 Å². The van der Waals surface area contributed by atoms with Gasteiger partial charge in [-0.3, -0.25) is 9.48 Å². The number of rotatable bonds is 3. The summed E-state index contributed by atoms with van der Waals surface area (Å²) in [4.78, 5) is 13.3. The minimum absolute atomic E-state index is 0.237. The second kappa shape index (κ2) is 5.17. The molecule has 0 aliphatic rings. The minimum atomic E-state index is -0.858. The lowest BCUT2D eigenvalue weighted by Gasteiger charge is -2.16.